The molecule has 0 unspecified atom stereocenters. The third-order valence-electron chi connectivity index (χ3n) is 3.34. The number of ether oxygens (including phenoxy) is 1. The van der Waals surface area contributed by atoms with Crippen LogP contribution in [-0.4, -0.2) is 28.9 Å². The molecular weight excluding hydrogens is 280 g/mol. The van der Waals surface area contributed by atoms with Crippen molar-refractivity contribution in [3.8, 4) is 17.0 Å². The normalized spacial score (nSPS) is 10.6. The van der Waals surface area contributed by atoms with Gasteiger partial charge in [0.15, 0.2) is 6.61 Å². The number of amides is 1. The summed E-state index contributed by atoms with van der Waals surface area (Å²) in [4.78, 5) is 15.7. The molecule has 0 spiro atoms. The maximum Gasteiger partial charge on any atom is 0.257 e. The second-order valence-electron chi connectivity index (χ2n) is 4.76. The van der Waals surface area contributed by atoms with Crippen molar-refractivity contribution in [2.24, 2.45) is 0 Å². The molecule has 1 aromatic carbocycles. The number of carbonyl (C=O) groups is 1. The van der Waals surface area contributed by atoms with E-state index in [0.29, 0.717) is 11.6 Å². The summed E-state index contributed by atoms with van der Waals surface area (Å²) in [6, 6.07) is 13.1. The molecule has 0 aliphatic rings. The molecular formula is C16H16N4O2. The van der Waals surface area contributed by atoms with Gasteiger partial charge in [0, 0.05) is 18.8 Å². The number of nitrogens with zero attached hydrogens (tertiary/aromatic N) is 2. The highest BCUT2D eigenvalue weighted by Crippen LogP contribution is 2.27. The zero-order valence-electron chi connectivity index (χ0n) is 12.1. The molecule has 0 aliphatic carbocycles. The molecule has 2 aromatic heterocycles. The Labute approximate surface area is 127 Å². The number of likely N-dealkylation sites (N-methyl/N-ethyl adjacent to an activating group) is 1. The molecule has 0 saturated heterocycles. The van der Waals surface area contributed by atoms with Crippen molar-refractivity contribution >= 4 is 17.4 Å². The van der Waals surface area contributed by atoms with E-state index < -0.39 is 0 Å². The zero-order chi connectivity index (χ0) is 15.5. The summed E-state index contributed by atoms with van der Waals surface area (Å²) >= 11 is 0. The van der Waals surface area contributed by atoms with E-state index in [0.717, 1.165) is 16.9 Å². The van der Waals surface area contributed by atoms with E-state index in [2.05, 4.69) is 10.3 Å². The van der Waals surface area contributed by atoms with Crippen LogP contribution in [-0.2, 0) is 4.79 Å². The van der Waals surface area contributed by atoms with Crippen LogP contribution in [0.15, 0.2) is 48.7 Å². The Morgan fingerprint density at radius 3 is 2.73 bits per heavy atom. The molecule has 0 atom stereocenters. The molecule has 0 saturated carbocycles. The van der Waals surface area contributed by atoms with Crippen LogP contribution in [0.25, 0.3) is 16.9 Å². The molecule has 0 aliphatic heterocycles. The van der Waals surface area contributed by atoms with Gasteiger partial charge in [0.25, 0.3) is 5.91 Å². The number of hydrogen-bond acceptors (Lipinski definition) is 4. The summed E-state index contributed by atoms with van der Waals surface area (Å²) < 4.78 is 7.21. The Morgan fingerprint density at radius 1 is 1.27 bits per heavy atom. The Hall–Kier alpha value is -3.02. The van der Waals surface area contributed by atoms with Crippen LogP contribution in [0.5, 0.6) is 5.75 Å². The third-order valence-corrected chi connectivity index (χ3v) is 3.34. The smallest absolute Gasteiger partial charge is 0.257 e. The fourth-order valence-corrected chi connectivity index (χ4v) is 2.16. The molecule has 0 fully saturated rings. The first kappa shape index (κ1) is 13.9. The van der Waals surface area contributed by atoms with Gasteiger partial charge >= 0.3 is 0 Å². The highest BCUT2D eigenvalue weighted by atomic mass is 16.5. The highest BCUT2D eigenvalue weighted by molar-refractivity contribution is 5.77. The maximum absolute atomic E-state index is 11.2. The Morgan fingerprint density at radius 2 is 2.05 bits per heavy atom. The lowest BCUT2D eigenvalue weighted by Crippen LogP contribution is -2.24. The molecule has 0 radical (unpaired) electrons. The Kier molecular flexibility index (Phi) is 3.65. The van der Waals surface area contributed by atoms with E-state index in [4.69, 9.17) is 10.5 Å². The number of carbonyl (C=O) groups excluding carboxylic acids is 1. The molecule has 112 valence electrons. The van der Waals surface area contributed by atoms with Crippen molar-refractivity contribution in [3.05, 3.63) is 48.7 Å². The lowest BCUT2D eigenvalue weighted by atomic mass is 10.1. The summed E-state index contributed by atoms with van der Waals surface area (Å²) in [5.41, 5.74) is 8.57. The van der Waals surface area contributed by atoms with Crippen LogP contribution >= 0.6 is 0 Å². The molecule has 1 amide bonds. The summed E-state index contributed by atoms with van der Waals surface area (Å²) in [6.45, 7) is -0.00759. The second kappa shape index (κ2) is 5.77. The van der Waals surface area contributed by atoms with Gasteiger partial charge in [-0.3, -0.25) is 9.20 Å². The van der Waals surface area contributed by atoms with E-state index in [9.17, 15) is 4.79 Å². The number of hydrogen-bond donors (Lipinski definition) is 2. The van der Waals surface area contributed by atoms with Crippen LogP contribution in [0.4, 0.5) is 5.82 Å². The van der Waals surface area contributed by atoms with Gasteiger partial charge < -0.3 is 15.8 Å². The van der Waals surface area contributed by atoms with Crippen molar-refractivity contribution in [1.29, 1.82) is 0 Å². The molecule has 22 heavy (non-hydrogen) atoms. The monoisotopic (exact) mass is 296 g/mol. The molecule has 0 bridgehead atoms. The molecule has 6 nitrogen and oxygen atoms in total. The average Bonchev–Trinajstić information content (AvgIpc) is 2.90. The predicted octanol–water partition coefficient (Wildman–Crippen LogP) is 1.71. The first-order valence-electron chi connectivity index (χ1n) is 6.85. The lowest BCUT2D eigenvalue weighted by molar-refractivity contribution is -0.122. The predicted molar refractivity (Wildman–Crippen MR) is 84.6 cm³/mol. The molecule has 3 N–H and O–H groups in total. The van der Waals surface area contributed by atoms with Gasteiger partial charge in [-0.25, -0.2) is 4.98 Å². The number of benzene rings is 1. The van der Waals surface area contributed by atoms with E-state index in [1.54, 1.807) is 19.2 Å². The van der Waals surface area contributed by atoms with E-state index in [1.807, 2.05) is 40.9 Å². The highest BCUT2D eigenvalue weighted by Gasteiger charge is 2.11. The number of fused-ring (bicyclic) bond motifs is 1. The second-order valence-corrected chi connectivity index (χ2v) is 4.76. The average molecular weight is 296 g/mol. The Balaban J connectivity index is 1.85. The number of pyridine rings is 1. The quantitative estimate of drug-likeness (QED) is 0.768. The SMILES string of the molecule is CNC(=O)COc1ccc(-c2nc3ccccn3c2N)cc1. The van der Waals surface area contributed by atoms with Crippen molar-refractivity contribution < 1.29 is 9.53 Å². The minimum Gasteiger partial charge on any atom is -0.484 e. The van der Waals surface area contributed by atoms with Crippen molar-refractivity contribution in [2.45, 2.75) is 0 Å². The van der Waals surface area contributed by atoms with Gasteiger partial charge in [0.2, 0.25) is 0 Å². The van der Waals surface area contributed by atoms with Crippen LogP contribution in [0.3, 0.4) is 0 Å². The Bertz CT molecular complexity index is 809. The van der Waals surface area contributed by atoms with Gasteiger partial charge in [-0.05, 0) is 36.4 Å². The summed E-state index contributed by atoms with van der Waals surface area (Å²) in [7, 11) is 1.57. The molecule has 3 rings (SSSR count). The van der Waals surface area contributed by atoms with Gasteiger partial charge in [-0.2, -0.15) is 0 Å². The van der Waals surface area contributed by atoms with Gasteiger partial charge in [0.05, 0.1) is 0 Å². The number of nitrogen functional groups attached to an aromatic ring is 1. The van der Waals surface area contributed by atoms with Crippen molar-refractivity contribution in [3.63, 3.8) is 0 Å². The first-order valence-corrected chi connectivity index (χ1v) is 6.85. The molecule has 6 heteroatoms. The van der Waals surface area contributed by atoms with Crippen LogP contribution in [0.1, 0.15) is 0 Å². The topological polar surface area (TPSA) is 81.6 Å². The fourth-order valence-electron chi connectivity index (χ4n) is 2.16. The van der Waals surface area contributed by atoms with Gasteiger partial charge in [-0.1, -0.05) is 6.07 Å². The first-order chi connectivity index (χ1) is 10.7. The largest absolute Gasteiger partial charge is 0.484 e. The minimum atomic E-state index is -0.173. The lowest BCUT2D eigenvalue weighted by Gasteiger charge is -2.06. The molecule has 2 heterocycles. The summed E-state index contributed by atoms with van der Waals surface area (Å²) in [5, 5.41) is 2.50. The fraction of sp³-hybridized carbons (Fsp3) is 0.125. The molecule has 3 aromatic rings. The van der Waals surface area contributed by atoms with Crippen molar-refractivity contribution in [2.75, 3.05) is 19.4 Å². The minimum absolute atomic E-state index is 0.00759. The third kappa shape index (κ3) is 2.58. The number of anilines is 1. The number of imidazole rings is 1. The van der Waals surface area contributed by atoms with E-state index >= 15 is 0 Å². The maximum atomic E-state index is 11.2. The summed E-state index contributed by atoms with van der Waals surface area (Å²) in [5.74, 6) is 1.04. The van der Waals surface area contributed by atoms with Crippen LogP contribution in [0.2, 0.25) is 0 Å². The zero-order valence-corrected chi connectivity index (χ0v) is 12.1. The van der Waals surface area contributed by atoms with Crippen LogP contribution < -0.4 is 15.8 Å². The number of nitrogens with one attached hydrogen (secondary N) is 1. The van der Waals surface area contributed by atoms with E-state index in [1.165, 1.54) is 0 Å². The van der Waals surface area contributed by atoms with Gasteiger partial charge in [0.1, 0.15) is 22.9 Å². The number of nitrogens with two attached hydrogens (primary N) is 1. The van der Waals surface area contributed by atoms with E-state index in [-0.39, 0.29) is 12.5 Å². The summed E-state index contributed by atoms with van der Waals surface area (Å²) in [6.07, 6.45) is 1.88. The standard InChI is InChI=1S/C16H16N4O2/c1-18-14(21)10-22-12-7-5-11(6-8-12)15-16(17)20-9-3-2-4-13(20)19-15/h2-9H,10,17H2,1H3,(H,18,21). The number of aromatic nitrogens is 2. The van der Waals surface area contributed by atoms with Gasteiger partial charge in [-0.15, -0.1) is 0 Å². The number of rotatable bonds is 4. The van der Waals surface area contributed by atoms with Crippen molar-refractivity contribution in [1.82, 2.24) is 14.7 Å². The van der Waals surface area contributed by atoms with Crippen LogP contribution in [0, 0.1) is 0 Å².